The van der Waals surface area contributed by atoms with Gasteiger partial charge >= 0.3 is 0 Å². The molecule has 0 aliphatic heterocycles. The predicted molar refractivity (Wildman–Crippen MR) is 69.3 cm³/mol. The Morgan fingerprint density at radius 2 is 1.73 bits per heavy atom. The Morgan fingerprint density at radius 3 is 2.33 bits per heavy atom. The largest absolute Gasteiger partial charge is 0.171 e. The molecule has 0 radical (unpaired) electrons. The summed E-state index contributed by atoms with van der Waals surface area (Å²) < 4.78 is 0. The van der Waals surface area contributed by atoms with E-state index in [-0.39, 0.29) is 0 Å². The number of hydrogen-bond acceptors (Lipinski definition) is 1. The van der Waals surface area contributed by atoms with Crippen molar-refractivity contribution in [1.29, 1.82) is 0 Å². The Hall–Kier alpha value is -0.690. The highest BCUT2D eigenvalue weighted by molar-refractivity contribution is 7.80. The van der Waals surface area contributed by atoms with E-state index in [1.807, 2.05) is 0 Å². The molecule has 0 spiro atoms. The van der Waals surface area contributed by atoms with Crippen molar-refractivity contribution < 1.29 is 0 Å². The van der Waals surface area contributed by atoms with E-state index in [1.165, 1.54) is 36.8 Å². The van der Waals surface area contributed by atoms with E-state index < -0.39 is 0 Å². The molecule has 1 fully saturated rings. The van der Waals surface area contributed by atoms with E-state index in [1.54, 1.807) is 0 Å². The fourth-order valence-electron chi connectivity index (χ4n) is 2.29. The summed E-state index contributed by atoms with van der Waals surface area (Å²) in [6.07, 6.45) is 4.88. The molecule has 80 valence electrons. The second-order valence-corrected chi connectivity index (χ2v) is 5.00. The summed E-state index contributed by atoms with van der Waals surface area (Å²) in [5.41, 5.74) is 2.78. The molecule has 0 nitrogen and oxygen atoms in total. The number of hydrogen-bond donors (Lipinski definition) is 1. The van der Waals surface area contributed by atoms with E-state index in [4.69, 9.17) is 12.6 Å². The van der Waals surface area contributed by atoms with Crippen LogP contribution in [-0.4, -0.2) is 0 Å². The standard InChI is InChI=1S/C14H18S/c1-11-7-9-13(10-8-11)14(15)12-5-3-2-4-6-12/h2-6,13-15H,1,7-10H2. The predicted octanol–water partition coefficient (Wildman–Crippen LogP) is 4.40. The van der Waals surface area contributed by atoms with Gasteiger partial charge < -0.3 is 0 Å². The first kappa shape index (κ1) is 10.8. The van der Waals surface area contributed by atoms with Crippen LogP contribution < -0.4 is 0 Å². The van der Waals surface area contributed by atoms with Gasteiger partial charge in [0.15, 0.2) is 0 Å². The summed E-state index contributed by atoms with van der Waals surface area (Å²) in [6, 6.07) is 10.6. The van der Waals surface area contributed by atoms with Gasteiger partial charge in [-0.15, -0.1) is 0 Å². The summed E-state index contributed by atoms with van der Waals surface area (Å²) in [5.74, 6) is 0.723. The van der Waals surface area contributed by atoms with Gasteiger partial charge in [0.1, 0.15) is 0 Å². The van der Waals surface area contributed by atoms with Crippen LogP contribution in [0.2, 0.25) is 0 Å². The maximum Gasteiger partial charge on any atom is 0.0295 e. The van der Waals surface area contributed by atoms with Crippen molar-refractivity contribution in [3.63, 3.8) is 0 Å². The normalized spacial score (nSPS) is 20.2. The third-order valence-electron chi connectivity index (χ3n) is 3.32. The van der Waals surface area contributed by atoms with Gasteiger partial charge in [0, 0.05) is 5.25 Å². The van der Waals surface area contributed by atoms with Crippen LogP contribution in [0.5, 0.6) is 0 Å². The van der Waals surface area contributed by atoms with Gasteiger partial charge in [-0.05, 0) is 37.2 Å². The van der Waals surface area contributed by atoms with Crippen molar-refractivity contribution in [2.45, 2.75) is 30.9 Å². The van der Waals surface area contributed by atoms with Crippen LogP contribution in [0.25, 0.3) is 0 Å². The van der Waals surface area contributed by atoms with Crippen molar-refractivity contribution in [2.75, 3.05) is 0 Å². The van der Waals surface area contributed by atoms with Crippen molar-refractivity contribution >= 4 is 12.6 Å². The lowest BCUT2D eigenvalue weighted by Crippen LogP contribution is -2.13. The fourth-order valence-corrected chi connectivity index (χ4v) is 2.76. The molecule has 0 N–H and O–H groups in total. The molecule has 2 rings (SSSR count). The summed E-state index contributed by atoms with van der Waals surface area (Å²) >= 11 is 4.76. The second kappa shape index (κ2) is 4.89. The lowest BCUT2D eigenvalue weighted by atomic mass is 9.82. The average Bonchev–Trinajstić information content (AvgIpc) is 2.30. The zero-order valence-corrected chi connectivity index (χ0v) is 9.92. The van der Waals surface area contributed by atoms with Gasteiger partial charge in [-0.3, -0.25) is 0 Å². The smallest absolute Gasteiger partial charge is 0.0295 e. The summed E-state index contributed by atoms with van der Waals surface area (Å²) in [7, 11) is 0. The maximum atomic E-state index is 4.76. The molecular formula is C14H18S. The lowest BCUT2D eigenvalue weighted by molar-refractivity contribution is 0.402. The first-order chi connectivity index (χ1) is 7.27. The Kier molecular flexibility index (Phi) is 3.53. The Bertz CT molecular complexity index is 318. The molecule has 1 heteroatoms. The highest BCUT2D eigenvalue weighted by atomic mass is 32.1. The molecule has 0 saturated heterocycles. The summed E-state index contributed by atoms with van der Waals surface area (Å²) in [5, 5.41) is 0.402. The molecule has 1 saturated carbocycles. The van der Waals surface area contributed by atoms with Gasteiger partial charge in [0.2, 0.25) is 0 Å². The van der Waals surface area contributed by atoms with Gasteiger partial charge in [0.25, 0.3) is 0 Å². The molecule has 0 bridgehead atoms. The molecule has 1 aromatic rings. The van der Waals surface area contributed by atoms with Crippen molar-refractivity contribution in [1.82, 2.24) is 0 Å². The monoisotopic (exact) mass is 218 g/mol. The highest BCUT2D eigenvalue weighted by Crippen LogP contribution is 2.39. The van der Waals surface area contributed by atoms with Crippen molar-refractivity contribution in [3.8, 4) is 0 Å². The summed E-state index contributed by atoms with van der Waals surface area (Å²) in [4.78, 5) is 0. The van der Waals surface area contributed by atoms with Gasteiger partial charge in [-0.25, -0.2) is 0 Å². The summed E-state index contributed by atoms with van der Waals surface area (Å²) in [6.45, 7) is 4.06. The zero-order valence-electron chi connectivity index (χ0n) is 9.02. The minimum absolute atomic E-state index is 0.402. The topological polar surface area (TPSA) is 0 Å². The number of allylic oxidation sites excluding steroid dienone is 1. The van der Waals surface area contributed by atoms with E-state index in [9.17, 15) is 0 Å². The number of benzene rings is 1. The van der Waals surface area contributed by atoms with E-state index in [0.29, 0.717) is 5.25 Å². The van der Waals surface area contributed by atoms with Crippen LogP contribution in [0.1, 0.15) is 36.5 Å². The average molecular weight is 218 g/mol. The van der Waals surface area contributed by atoms with Gasteiger partial charge in [-0.2, -0.15) is 12.6 Å². The first-order valence-corrected chi connectivity index (χ1v) is 6.18. The molecule has 1 atom stereocenters. The maximum absolute atomic E-state index is 4.76. The second-order valence-electron chi connectivity index (χ2n) is 4.44. The number of thiol groups is 1. The molecule has 1 unspecified atom stereocenters. The van der Waals surface area contributed by atoms with Crippen LogP contribution in [0.3, 0.4) is 0 Å². The van der Waals surface area contributed by atoms with Crippen LogP contribution in [0, 0.1) is 5.92 Å². The minimum Gasteiger partial charge on any atom is -0.171 e. The Morgan fingerprint density at radius 1 is 1.13 bits per heavy atom. The molecule has 15 heavy (non-hydrogen) atoms. The van der Waals surface area contributed by atoms with Crippen molar-refractivity contribution in [2.24, 2.45) is 5.92 Å². The van der Waals surface area contributed by atoms with Crippen molar-refractivity contribution in [3.05, 3.63) is 48.0 Å². The Balaban J connectivity index is 2.02. The number of rotatable bonds is 2. The SMILES string of the molecule is C=C1CCC(C(S)c2ccccc2)CC1. The molecule has 1 aliphatic rings. The first-order valence-electron chi connectivity index (χ1n) is 5.67. The fraction of sp³-hybridized carbons (Fsp3) is 0.429. The van der Waals surface area contributed by atoms with E-state index in [0.717, 1.165) is 5.92 Å². The van der Waals surface area contributed by atoms with Crippen LogP contribution in [0.15, 0.2) is 42.5 Å². The Labute approximate surface area is 97.8 Å². The molecule has 0 heterocycles. The van der Waals surface area contributed by atoms with Crippen LogP contribution in [0.4, 0.5) is 0 Å². The lowest BCUT2D eigenvalue weighted by Gasteiger charge is -2.28. The quantitative estimate of drug-likeness (QED) is 0.552. The molecular weight excluding hydrogens is 200 g/mol. The molecule has 0 amide bonds. The van der Waals surface area contributed by atoms with Gasteiger partial charge in [-0.1, -0.05) is 42.5 Å². The third-order valence-corrected chi connectivity index (χ3v) is 4.04. The molecule has 1 aliphatic carbocycles. The third kappa shape index (κ3) is 2.66. The van der Waals surface area contributed by atoms with Gasteiger partial charge in [0.05, 0.1) is 0 Å². The van der Waals surface area contributed by atoms with E-state index >= 15 is 0 Å². The van der Waals surface area contributed by atoms with E-state index in [2.05, 4.69) is 36.9 Å². The zero-order chi connectivity index (χ0) is 10.7. The molecule has 0 aromatic heterocycles. The highest BCUT2D eigenvalue weighted by Gasteiger charge is 2.22. The molecule has 1 aromatic carbocycles. The van der Waals surface area contributed by atoms with Crippen LogP contribution in [-0.2, 0) is 0 Å². The van der Waals surface area contributed by atoms with Crippen LogP contribution >= 0.6 is 12.6 Å². The minimum atomic E-state index is 0.402.